The Bertz CT molecular complexity index is 897. The molecule has 0 aliphatic rings. The minimum Gasteiger partial charge on any atom is -0.207 e. The Morgan fingerprint density at radius 2 is 1.15 bits per heavy atom. The number of aryl methyl sites for hydroxylation is 1. The second-order valence-electron chi connectivity index (χ2n) is 6.33. The van der Waals surface area contributed by atoms with Crippen molar-refractivity contribution in [1.29, 1.82) is 0 Å². The quantitative estimate of drug-likeness (QED) is 0.448. The largest absolute Gasteiger partial charge is 0.207 e. The zero-order valence-corrected chi connectivity index (χ0v) is 14.5. The number of hydrogen-bond donors (Lipinski definition) is 0. The van der Waals surface area contributed by atoms with E-state index in [1.54, 1.807) is 0 Å². The Morgan fingerprint density at radius 3 is 1.65 bits per heavy atom. The smallest absolute Gasteiger partial charge is 0.134 e. The van der Waals surface area contributed by atoms with Crippen LogP contribution in [-0.2, 0) is 6.42 Å². The van der Waals surface area contributed by atoms with Crippen LogP contribution >= 0.6 is 0 Å². The predicted octanol–water partition coefficient (Wildman–Crippen LogP) is 6.84. The van der Waals surface area contributed by atoms with Gasteiger partial charge >= 0.3 is 0 Å². The van der Waals surface area contributed by atoms with Gasteiger partial charge < -0.3 is 0 Å². The summed E-state index contributed by atoms with van der Waals surface area (Å²) in [4.78, 5) is 0. The summed E-state index contributed by atoms with van der Waals surface area (Å²) in [5, 5.41) is 0. The number of rotatable bonds is 4. The molecule has 134 valence electrons. The molecule has 3 rings (SSSR count). The molecule has 0 heterocycles. The fraction of sp³-hybridized carbons (Fsp3) is 0.182. The van der Waals surface area contributed by atoms with Gasteiger partial charge in [0.2, 0.25) is 0 Å². The lowest BCUT2D eigenvalue weighted by Crippen LogP contribution is -1.96. The topological polar surface area (TPSA) is 0 Å². The first-order chi connectivity index (χ1) is 12.4. The van der Waals surface area contributed by atoms with Gasteiger partial charge in [-0.25, -0.2) is 17.6 Å². The van der Waals surface area contributed by atoms with E-state index in [1.807, 2.05) is 24.3 Å². The standard InChI is InChI=1S/C22H18F4/c1-3-4-14-5-7-15(8-6-14)16-9-20(25)22(21(26)10-16)17-11-18(23)13(2)19(24)12-17/h5-12H,3-4H2,1-2H3. The Hall–Kier alpha value is -2.62. The maximum Gasteiger partial charge on any atom is 0.134 e. The van der Waals surface area contributed by atoms with E-state index in [0.717, 1.165) is 30.5 Å². The lowest BCUT2D eigenvalue weighted by Gasteiger charge is -2.11. The van der Waals surface area contributed by atoms with Gasteiger partial charge in [0.15, 0.2) is 0 Å². The van der Waals surface area contributed by atoms with E-state index in [0.29, 0.717) is 11.1 Å². The fourth-order valence-corrected chi connectivity index (χ4v) is 2.96. The highest BCUT2D eigenvalue weighted by Crippen LogP contribution is 2.32. The lowest BCUT2D eigenvalue weighted by molar-refractivity contribution is 0.566. The molecule has 0 N–H and O–H groups in total. The molecule has 0 atom stereocenters. The van der Waals surface area contributed by atoms with Crippen molar-refractivity contribution < 1.29 is 17.6 Å². The molecule has 0 fully saturated rings. The normalized spacial score (nSPS) is 11.0. The van der Waals surface area contributed by atoms with Gasteiger partial charge in [0, 0.05) is 5.56 Å². The van der Waals surface area contributed by atoms with E-state index in [-0.39, 0.29) is 11.1 Å². The average molecular weight is 358 g/mol. The van der Waals surface area contributed by atoms with Gasteiger partial charge in [0.25, 0.3) is 0 Å². The van der Waals surface area contributed by atoms with Crippen LogP contribution < -0.4 is 0 Å². The highest BCUT2D eigenvalue weighted by Gasteiger charge is 2.17. The molecule has 0 saturated carbocycles. The van der Waals surface area contributed by atoms with Crippen molar-refractivity contribution in [3.05, 3.63) is 82.9 Å². The molecule has 0 spiro atoms. The van der Waals surface area contributed by atoms with Crippen molar-refractivity contribution in [3.63, 3.8) is 0 Å². The molecule has 4 heteroatoms. The highest BCUT2D eigenvalue weighted by atomic mass is 19.1. The van der Waals surface area contributed by atoms with Crippen molar-refractivity contribution in [2.45, 2.75) is 26.7 Å². The molecule has 0 amide bonds. The molecule has 0 aliphatic carbocycles. The van der Waals surface area contributed by atoms with Gasteiger partial charge in [-0.2, -0.15) is 0 Å². The van der Waals surface area contributed by atoms with Gasteiger partial charge in [-0.1, -0.05) is 37.6 Å². The Morgan fingerprint density at radius 1 is 0.654 bits per heavy atom. The summed E-state index contributed by atoms with van der Waals surface area (Å²) in [5.41, 5.74) is 1.42. The summed E-state index contributed by atoms with van der Waals surface area (Å²) >= 11 is 0. The van der Waals surface area contributed by atoms with Crippen LogP contribution in [0.2, 0.25) is 0 Å². The summed E-state index contributed by atoms with van der Waals surface area (Å²) in [6.07, 6.45) is 1.95. The summed E-state index contributed by atoms with van der Waals surface area (Å²) in [6, 6.07) is 11.7. The molecule has 3 aromatic carbocycles. The van der Waals surface area contributed by atoms with E-state index >= 15 is 0 Å². The van der Waals surface area contributed by atoms with Crippen LogP contribution in [0, 0.1) is 30.2 Å². The van der Waals surface area contributed by atoms with Crippen LogP contribution in [0.5, 0.6) is 0 Å². The molecular formula is C22H18F4. The average Bonchev–Trinajstić information content (AvgIpc) is 2.60. The zero-order valence-electron chi connectivity index (χ0n) is 14.5. The Labute approximate surface area is 150 Å². The maximum absolute atomic E-state index is 14.6. The first-order valence-electron chi connectivity index (χ1n) is 8.45. The van der Waals surface area contributed by atoms with Crippen molar-refractivity contribution in [1.82, 2.24) is 0 Å². The minimum atomic E-state index is -0.861. The third-order valence-electron chi connectivity index (χ3n) is 4.44. The van der Waals surface area contributed by atoms with Crippen molar-refractivity contribution in [2.75, 3.05) is 0 Å². The van der Waals surface area contributed by atoms with Crippen LogP contribution in [0.1, 0.15) is 24.5 Å². The van der Waals surface area contributed by atoms with Crippen LogP contribution in [0.15, 0.2) is 48.5 Å². The van der Waals surface area contributed by atoms with Crippen molar-refractivity contribution in [3.8, 4) is 22.3 Å². The van der Waals surface area contributed by atoms with E-state index in [1.165, 1.54) is 19.1 Å². The second-order valence-corrected chi connectivity index (χ2v) is 6.33. The number of hydrogen-bond acceptors (Lipinski definition) is 0. The van der Waals surface area contributed by atoms with E-state index in [2.05, 4.69) is 6.92 Å². The third-order valence-corrected chi connectivity index (χ3v) is 4.44. The molecular weight excluding hydrogens is 340 g/mol. The summed E-state index contributed by atoms with van der Waals surface area (Å²) in [5.74, 6) is -3.40. The predicted molar refractivity (Wildman–Crippen MR) is 95.9 cm³/mol. The van der Waals surface area contributed by atoms with E-state index in [9.17, 15) is 17.6 Å². The molecule has 0 aliphatic heterocycles. The molecule has 0 unspecified atom stereocenters. The second kappa shape index (κ2) is 7.32. The van der Waals surface area contributed by atoms with Gasteiger partial charge in [-0.3, -0.25) is 0 Å². The first kappa shape index (κ1) is 18.2. The van der Waals surface area contributed by atoms with E-state index in [4.69, 9.17) is 0 Å². The van der Waals surface area contributed by atoms with Crippen LogP contribution in [0.25, 0.3) is 22.3 Å². The van der Waals surface area contributed by atoms with Crippen LogP contribution in [0.3, 0.4) is 0 Å². The van der Waals surface area contributed by atoms with Crippen LogP contribution in [0.4, 0.5) is 17.6 Å². The molecule has 0 aromatic heterocycles. The summed E-state index contributed by atoms with van der Waals surface area (Å²) < 4.78 is 56.6. The number of benzene rings is 3. The van der Waals surface area contributed by atoms with Crippen LogP contribution in [-0.4, -0.2) is 0 Å². The Kier molecular flexibility index (Phi) is 5.12. The summed E-state index contributed by atoms with van der Waals surface area (Å²) in [6.45, 7) is 3.35. The first-order valence-corrected chi connectivity index (χ1v) is 8.45. The Balaban J connectivity index is 2.04. The summed E-state index contributed by atoms with van der Waals surface area (Å²) in [7, 11) is 0. The van der Waals surface area contributed by atoms with Crippen molar-refractivity contribution in [2.24, 2.45) is 0 Å². The zero-order chi connectivity index (χ0) is 18.8. The van der Waals surface area contributed by atoms with Crippen molar-refractivity contribution >= 4 is 0 Å². The molecule has 3 aromatic rings. The van der Waals surface area contributed by atoms with E-state index < -0.39 is 28.8 Å². The SMILES string of the molecule is CCCc1ccc(-c2cc(F)c(-c3cc(F)c(C)c(F)c3)c(F)c2)cc1. The van der Waals surface area contributed by atoms with Gasteiger partial charge in [-0.15, -0.1) is 0 Å². The molecule has 26 heavy (non-hydrogen) atoms. The maximum atomic E-state index is 14.6. The minimum absolute atomic E-state index is 0.162. The van der Waals surface area contributed by atoms with Gasteiger partial charge in [0.1, 0.15) is 23.3 Å². The monoisotopic (exact) mass is 358 g/mol. The fourth-order valence-electron chi connectivity index (χ4n) is 2.96. The molecule has 0 saturated heterocycles. The van der Waals surface area contributed by atoms with Gasteiger partial charge in [-0.05, 0) is 59.9 Å². The molecule has 0 nitrogen and oxygen atoms in total. The molecule has 0 radical (unpaired) electrons. The lowest BCUT2D eigenvalue weighted by atomic mass is 9.97. The van der Waals surface area contributed by atoms with Gasteiger partial charge in [0.05, 0.1) is 5.56 Å². The third kappa shape index (κ3) is 3.50. The molecule has 0 bridgehead atoms. The number of halogens is 4. The highest BCUT2D eigenvalue weighted by molar-refractivity contribution is 5.72.